The molecule has 0 aliphatic carbocycles. The normalized spacial score (nSPS) is 11.5. The van der Waals surface area contributed by atoms with Crippen LogP contribution < -0.4 is 10.5 Å². The zero-order valence-electron chi connectivity index (χ0n) is 10.8. The molecule has 2 rings (SSSR count). The summed E-state index contributed by atoms with van der Waals surface area (Å²) in [5, 5.41) is 6.55. The van der Waals surface area contributed by atoms with Gasteiger partial charge >= 0.3 is 0 Å². The summed E-state index contributed by atoms with van der Waals surface area (Å²) in [5.41, 5.74) is 7.90. The van der Waals surface area contributed by atoms with Crippen molar-refractivity contribution in [1.82, 2.24) is 10.2 Å². The highest BCUT2D eigenvalue weighted by atomic mass is 32.2. The molecule has 6 nitrogen and oxygen atoms in total. The molecular weight excluding hydrogens is 264 g/mol. The number of nitrogens with zero attached hydrogens (tertiary/aromatic N) is 1. The zero-order chi connectivity index (χ0) is 14.0. The maximum atomic E-state index is 12.3. The van der Waals surface area contributed by atoms with Crippen LogP contribution in [0, 0.1) is 13.8 Å². The van der Waals surface area contributed by atoms with E-state index >= 15 is 0 Å². The molecule has 0 saturated heterocycles. The van der Waals surface area contributed by atoms with Gasteiger partial charge in [0.2, 0.25) is 0 Å². The van der Waals surface area contributed by atoms with Crippen molar-refractivity contribution in [2.75, 3.05) is 4.72 Å². The monoisotopic (exact) mass is 280 g/mol. The van der Waals surface area contributed by atoms with Gasteiger partial charge in [0, 0.05) is 12.2 Å². The summed E-state index contributed by atoms with van der Waals surface area (Å²) in [5.74, 6) is 0. The van der Waals surface area contributed by atoms with Crippen molar-refractivity contribution in [2.24, 2.45) is 5.73 Å². The number of hydrogen-bond donors (Lipinski definition) is 3. The SMILES string of the molecule is Cc1n[nH]c(C)c1S(=O)(=O)Nc1ccc(CN)cc1. The van der Waals surface area contributed by atoms with Gasteiger partial charge in [0.1, 0.15) is 4.90 Å². The standard InChI is InChI=1S/C12H16N4O2S/c1-8-12(9(2)15-14-8)19(17,18)16-11-5-3-10(7-13)4-6-11/h3-6,16H,7,13H2,1-2H3,(H,14,15). The van der Waals surface area contributed by atoms with Crippen LogP contribution in [0.2, 0.25) is 0 Å². The second-order valence-corrected chi connectivity index (χ2v) is 5.89. The van der Waals surface area contributed by atoms with Crippen LogP contribution in [0.3, 0.4) is 0 Å². The molecule has 19 heavy (non-hydrogen) atoms. The van der Waals surface area contributed by atoms with E-state index < -0.39 is 10.0 Å². The highest BCUT2D eigenvalue weighted by Crippen LogP contribution is 2.20. The van der Waals surface area contributed by atoms with Crippen molar-refractivity contribution in [2.45, 2.75) is 25.3 Å². The molecule has 0 spiro atoms. The van der Waals surface area contributed by atoms with Crippen LogP contribution in [-0.2, 0) is 16.6 Å². The van der Waals surface area contributed by atoms with Crippen LogP contribution in [0.25, 0.3) is 0 Å². The van der Waals surface area contributed by atoms with Crippen molar-refractivity contribution in [3.63, 3.8) is 0 Å². The average Bonchev–Trinajstić information content (AvgIpc) is 2.70. The van der Waals surface area contributed by atoms with Gasteiger partial charge in [-0.15, -0.1) is 0 Å². The van der Waals surface area contributed by atoms with E-state index in [-0.39, 0.29) is 4.90 Å². The Labute approximate surface area is 112 Å². The molecule has 0 saturated carbocycles. The Kier molecular flexibility index (Phi) is 3.59. The van der Waals surface area contributed by atoms with Crippen LogP contribution in [-0.4, -0.2) is 18.6 Å². The summed E-state index contributed by atoms with van der Waals surface area (Å²) in [6.07, 6.45) is 0. The second kappa shape index (κ2) is 5.02. The first-order chi connectivity index (χ1) is 8.94. The van der Waals surface area contributed by atoms with Gasteiger partial charge in [-0.1, -0.05) is 12.1 Å². The van der Waals surface area contributed by atoms with E-state index in [1.165, 1.54) is 0 Å². The van der Waals surface area contributed by atoms with Crippen LogP contribution in [0.5, 0.6) is 0 Å². The lowest BCUT2D eigenvalue weighted by Gasteiger charge is -2.08. The smallest absolute Gasteiger partial charge is 0.265 e. The summed E-state index contributed by atoms with van der Waals surface area (Å²) < 4.78 is 27.1. The van der Waals surface area contributed by atoms with E-state index in [1.54, 1.807) is 38.1 Å². The fourth-order valence-electron chi connectivity index (χ4n) is 1.85. The minimum Gasteiger partial charge on any atom is -0.326 e. The summed E-state index contributed by atoms with van der Waals surface area (Å²) >= 11 is 0. The van der Waals surface area contributed by atoms with E-state index in [4.69, 9.17) is 5.73 Å². The predicted molar refractivity (Wildman–Crippen MR) is 73.2 cm³/mol. The topological polar surface area (TPSA) is 101 Å². The number of benzene rings is 1. The van der Waals surface area contributed by atoms with Gasteiger partial charge in [0.15, 0.2) is 0 Å². The Morgan fingerprint density at radius 2 is 1.89 bits per heavy atom. The van der Waals surface area contributed by atoms with E-state index in [0.717, 1.165) is 5.56 Å². The van der Waals surface area contributed by atoms with Crippen LogP contribution >= 0.6 is 0 Å². The molecule has 1 aromatic carbocycles. The molecule has 7 heteroatoms. The van der Waals surface area contributed by atoms with Crippen molar-refractivity contribution in [3.8, 4) is 0 Å². The van der Waals surface area contributed by atoms with Gasteiger partial charge in [-0.3, -0.25) is 9.82 Å². The minimum absolute atomic E-state index is 0.190. The van der Waals surface area contributed by atoms with E-state index in [9.17, 15) is 8.42 Å². The Morgan fingerprint density at radius 1 is 1.26 bits per heavy atom. The highest BCUT2D eigenvalue weighted by molar-refractivity contribution is 7.92. The summed E-state index contributed by atoms with van der Waals surface area (Å²) in [6, 6.07) is 6.94. The molecule has 4 N–H and O–H groups in total. The number of H-pyrrole nitrogens is 1. The largest absolute Gasteiger partial charge is 0.326 e. The van der Waals surface area contributed by atoms with Crippen LogP contribution in [0.1, 0.15) is 17.0 Å². The third kappa shape index (κ3) is 2.77. The Bertz CT molecular complexity index is 655. The number of nitrogens with one attached hydrogen (secondary N) is 2. The summed E-state index contributed by atoms with van der Waals surface area (Å²) in [6.45, 7) is 3.74. The Morgan fingerprint density at radius 3 is 2.37 bits per heavy atom. The lowest BCUT2D eigenvalue weighted by atomic mass is 10.2. The third-order valence-electron chi connectivity index (χ3n) is 2.77. The number of aromatic amines is 1. The fraction of sp³-hybridized carbons (Fsp3) is 0.250. The van der Waals surface area contributed by atoms with Gasteiger partial charge < -0.3 is 5.73 Å². The molecule has 0 radical (unpaired) electrons. The summed E-state index contributed by atoms with van der Waals surface area (Å²) in [7, 11) is -3.63. The van der Waals surface area contributed by atoms with E-state index in [1.807, 2.05) is 0 Å². The third-order valence-corrected chi connectivity index (χ3v) is 4.41. The van der Waals surface area contributed by atoms with Gasteiger partial charge in [0.05, 0.1) is 11.4 Å². The maximum Gasteiger partial charge on any atom is 0.265 e. The molecular formula is C12H16N4O2S. The first kappa shape index (κ1) is 13.6. The van der Waals surface area contributed by atoms with Gasteiger partial charge in [-0.2, -0.15) is 5.10 Å². The molecule has 0 fully saturated rings. The predicted octanol–water partition coefficient (Wildman–Crippen LogP) is 1.29. The van der Waals surface area contributed by atoms with Crippen molar-refractivity contribution in [1.29, 1.82) is 0 Å². The molecule has 0 unspecified atom stereocenters. The minimum atomic E-state index is -3.63. The fourth-order valence-corrected chi connectivity index (χ4v) is 3.28. The van der Waals surface area contributed by atoms with Crippen molar-refractivity contribution >= 4 is 15.7 Å². The lowest BCUT2D eigenvalue weighted by Crippen LogP contribution is -2.14. The number of aryl methyl sites for hydroxylation is 2. The molecule has 0 bridgehead atoms. The second-order valence-electron chi connectivity index (χ2n) is 4.27. The highest BCUT2D eigenvalue weighted by Gasteiger charge is 2.22. The zero-order valence-corrected chi connectivity index (χ0v) is 11.6. The average molecular weight is 280 g/mol. The van der Waals surface area contributed by atoms with E-state index in [2.05, 4.69) is 14.9 Å². The number of hydrogen-bond acceptors (Lipinski definition) is 4. The van der Waals surface area contributed by atoms with E-state index in [0.29, 0.717) is 23.6 Å². The number of rotatable bonds is 4. The lowest BCUT2D eigenvalue weighted by molar-refractivity contribution is 0.600. The van der Waals surface area contributed by atoms with Crippen molar-refractivity contribution in [3.05, 3.63) is 41.2 Å². The number of aromatic nitrogens is 2. The number of sulfonamides is 1. The van der Waals surface area contributed by atoms with Crippen molar-refractivity contribution < 1.29 is 8.42 Å². The van der Waals surface area contributed by atoms with Crippen LogP contribution in [0.4, 0.5) is 5.69 Å². The maximum absolute atomic E-state index is 12.3. The quantitative estimate of drug-likeness (QED) is 0.785. The molecule has 0 aliphatic rings. The molecule has 1 aromatic heterocycles. The first-order valence-electron chi connectivity index (χ1n) is 5.77. The molecule has 2 aromatic rings. The molecule has 0 atom stereocenters. The molecule has 1 heterocycles. The number of anilines is 1. The molecule has 0 amide bonds. The van der Waals surface area contributed by atoms with Crippen LogP contribution in [0.15, 0.2) is 29.2 Å². The first-order valence-corrected chi connectivity index (χ1v) is 7.26. The summed E-state index contributed by atoms with van der Waals surface area (Å²) in [4.78, 5) is 0.190. The van der Waals surface area contributed by atoms with Gasteiger partial charge in [-0.05, 0) is 31.5 Å². The molecule has 0 aliphatic heterocycles. The van der Waals surface area contributed by atoms with Gasteiger partial charge in [-0.25, -0.2) is 8.42 Å². The Hall–Kier alpha value is -1.86. The molecule has 102 valence electrons. The van der Waals surface area contributed by atoms with Gasteiger partial charge in [0.25, 0.3) is 10.0 Å². The number of nitrogens with two attached hydrogens (primary N) is 1. The Balaban J connectivity index is 2.31.